The van der Waals surface area contributed by atoms with Crippen LogP contribution in [0.3, 0.4) is 0 Å². The number of nitrogens with two attached hydrogens (primary N) is 1. The Morgan fingerprint density at radius 2 is 1.87 bits per heavy atom. The number of nitrogens with one attached hydrogen (secondary N) is 1. The molecule has 0 aromatic heterocycles. The highest BCUT2D eigenvalue weighted by Gasteiger charge is 2.29. The van der Waals surface area contributed by atoms with Crippen LogP contribution in [0.5, 0.6) is 0 Å². The summed E-state index contributed by atoms with van der Waals surface area (Å²) in [7, 11) is 0. The van der Waals surface area contributed by atoms with Gasteiger partial charge in [0.05, 0.1) is 17.9 Å². The molecule has 7 heteroatoms. The number of aliphatic imine (C=N–C) groups is 1. The first-order valence-corrected chi connectivity index (χ1v) is 10.7. The third-order valence-electron chi connectivity index (χ3n) is 5.59. The number of amidine groups is 1. The van der Waals surface area contributed by atoms with Gasteiger partial charge in [0.25, 0.3) is 5.91 Å². The van der Waals surface area contributed by atoms with E-state index < -0.39 is 0 Å². The summed E-state index contributed by atoms with van der Waals surface area (Å²) in [5, 5.41) is 1.44. The highest BCUT2D eigenvalue weighted by Crippen LogP contribution is 2.27. The number of nitrogen functional groups attached to an aromatic ring is 1. The van der Waals surface area contributed by atoms with E-state index in [1.807, 2.05) is 30.3 Å². The average molecular weight is 420 g/mol. The number of para-hydroxylation sites is 1. The van der Waals surface area contributed by atoms with Crippen molar-refractivity contribution in [3.05, 3.63) is 71.8 Å². The largest absolute Gasteiger partial charge is 0.398 e. The van der Waals surface area contributed by atoms with Crippen LogP contribution < -0.4 is 11.2 Å². The van der Waals surface area contributed by atoms with Gasteiger partial charge in [-0.15, -0.1) is 0 Å². The number of ether oxygens (including phenoxy) is 1. The second-order valence-corrected chi connectivity index (χ2v) is 7.72. The SMILES string of the molecule is C=C1c2ccccc2C(=NCCCN2CCCOCC2)NN1C(=O)c1ccccc1N. The van der Waals surface area contributed by atoms with Crippen molar-refractivity contribution in [2.45, 2.75) is 12.8 Å². The monoisotopic (exact) mass is 419 g/mol. The summed E-state index contributed by atoms with van der Waals surface area (Å²) in [6, 6.07) is 14.9. The number of fused-ring (bicyclic) bond motifs is 1. The number of hydrogen-bond donors (Lipinski definition) is 2. The van der Waals surface area contributed by atoms with Gasteiger partial charge in [0, 0.05) is 43.1 Å². The van der Waals surface area contributed by atoms with E-state index in [0.29, 0.717) is 29.3 Å². The van der Waals surface area contributed by atoms with Crippen LogP contribution in [0.25, 0.3) is 5.70 Å². The zero-order chi connectivity index (χ0) is 21.6. The van der Waals surface area contributed by atoms with E-state index in [4.69, 9.17) is 15.5 Å². The fourth-order valence-electron chi connectivity index (χ4n) is 3.91. The molecule has 2 aromatic carbocycles. The molecule has 3 N–H and O–H groups in total. The molecule has 0 unspecified atom stereocenters. The second-order valence-electron chi connectivity index (χ2n) is 7.72. The van der Waals surface area contributed by atoms with E-state index in [9.17, 15) is 4.79 Å². The van der Waals surface area contributed by atoms with Gasteiger partial charge in [-0.1, -0.05) is 43.0 Å². The van der Waals surface area contributed by atoms with Gasteiger partial charge in [-0.25, -0.2) is 5.01 Å². The van der Waals surface area contributed by atoms with Gasteiger partial charge in [-0.2, -0.15) is 0 Å². The first kappa shape index (κ1) is 21.1. The summed E-state index contributed by atoms with van der Waals surface area (Å²) < 4.78 is 5.52. The lowest BCUT2D eigenvalue weighted by Crippen LogP contribution is -2.48. The van der Waals surface area contributed by atoms with Crippen LogP contribution in [0, 0.1) is 0 Å². The highest BCUT2D eigenvalue weighted by atomic mass is 16.5. The molecule has 1 amide bonds. The molecule has 2 aromatic rings. The summed E-state index contributed by atoms with van der Waals surface area (Å²) in [6.45, 7) is 9.47. The molecule has 2 heterocycles. The maximum atomic E-state index is 13.2. The lowest BCUT2D eigenvalue weighted by Gasteiger charge is -2.33. The molecule has 1 saturated heterocycles. The Bertz CT molecular complexity index is 979. The molecule has 0 spiro atoms. The Kier molecular flexibility index (Phi) is 6.64. The van der Waals surface area contributed by atoms with Gasteiger partial charge in [0.15, 0.2) is 0 Å². The predicted octanol–water partition coefficient (Wildman–Crippen LogP) is 2.76. The van der Waals surface area contributed by atoms with Crippen molar-refractivity contribution in [1.82, 2.24) is 15.3 Å². The fraction of sp³-hybridized carbons (Fsp3) is 0.333. The highest BCUT2D eigenvalue weighted by molar-refractivity contribution is 6.11. The lowest BCUT2D eigenvalue weighted by molar-refractivity contribution is 0.0806. The molecule has 162 valence electrons. The minimum Gasteiger partial charge on any atom is -0.398 e. The van der Waals surface area contributed by atoms with Crippen molar-refractivity contribution in [3.8, 4) is 0 Å². The van der Waals surface area contributed by atoms with Crippen molar-refractivity contribution in [1.29, 1.82) is 0 Å². The van der Waals surface area contributed by atoms with Gasteiger partial charge in [0.2, 0.25) is 0 Å². The molecule has 7 nitrogen and oxygen atoms in total. The molecule has 0 bridgehead atoms. The topological polar surface area (TPSA) is 83.2 Å². The molecule has 4 rings (SSSR count). The second kappa shape index (κ2) is 9.76. The first-order chi connectivity index (χ1) is 15.1. The third kappa shape index (κ3) is 4.78. The Hall–Kier alpha value is -3.16. The standard InChI is InChI=1S/C24H29N5O2/c1-18-19-8-2-3-9-20(19)23(26-12-6-13-28-14-7-16-31-17-15-28)27-29(18)24(30)21-10-4-5-11-22(21)25/h2-5,8-11H,1,6-7,12-17,25H2,(H,26,27). The number of nitrogens with zero attached hydrogens (tertiary/aromatic N) is 3. The maximum Gasteiger partial charge on any atom is 0.279 e. The first-order valence-electron chi connectivity index (χ1n) is 10.7. The summed E-state index contributed by atoms with van der Waals surface area (Å²) in [5.74, 6) is 0.417. The Morgan fingerprint density at radius 3 is 2.71 bits per heavy atom. The number of hydrazine groups is 1. The molecule has 0 saturated carbocycles. The number of carbonyl (C=O) groups is 1. The van der Waals surface area contributed by atoms with E-state index in [0.717, 1.165) is 56.8 Å². The van der Waals surface area contributed by atoms with Gasteiger partial charge in [-0.05, 0) is 31.5 Å². The third-order valence-corrected chi connectivity index (χ3v) is 5.59. The van der Waals surface area contributed by atoms with E-state index in [2.05, 4.69) is 16.9 Å². The van der Waals surface area contributed by atoms with Crippen LogP contribution in [0.2, 0.25) is 0 Å². The molecule has 0 atom stereocenters. The quantitative estimate of drug-likeness (QED) is 0.575. The van der Waals surface area contributed by atoms with E-state index in [-0.39, 0.29) is 5.91 Å². The van der Waals surface area contributed by atoms with Crippen molar-refractivity contribution in [2.24, 2.45) is 4.99 Å². The summed E-state index contributed by atoms with van der Waals surface area (Å²) in [5.41, 5.74) is 12.5. The Labute approximate surface area is 183 Å². The van der Waals surface area contributed by atoms with E-state index in [1.165, 1.54) is 5.01 Å². The summed E-state index contributed by atoms with van der Waals surface area (Å²) in [4.78, 5) is 20.4. The molecule has 2 aliphatic rings. The Balaban J connectivity index is 1.51. The number of anilines is 1. The molecule has 0 radical (unpaired) electrons. The smallest absolute Gasteiger partial charge is 0.279 e. The van der Waals surface area contributed by atoms with Gasteiger partial charge in [-0.3, -0.25) is 15.2 Å². The van der Waals surface area contributed by atoms with Gasteiger partial charge >= 0.3 is 0 Å². The number of carbonyl (C=O) groups excluding carboxylic acids is 1. The van der Waals surface area contributed by atoms with Gasteiger partial charge in [0.1, 0.15) is 5.84 Å². The molecule has 1 fully saturated rings. The summed E-state index contributed by atoms with van der Waals surface area (Å²) in [6.07, 6.45) is 2.01. The van der Waals surface area contributed by atoms with Crippen molar-refractivity contribution in [2.75, 3.05) is 45.1 Å². The van der Waals surface area contributed by atoms with Crippen molar-refractivity contribution < 1.29 is 9.53 Å². The minimum atomic E-state index is -0.255. The molecular weight excluding hydrogens is 390 g/mol. The van der Waals surface area contributed by atoms with Gasteiger partial charge < -0.3 is 15.4 Å². The van der Waals surface area contributed by atoms with Crippen LogP contribution >= 0.6 is 0 Å². The van der Waals surface area contributed by atoms with Crippen LogP contribution in [-0.4, -0.2) is 61.0 Å². The van der Waals surface area contributed by atoms with E-state index in [1.54, 1.807) is 18.2 Å². The predicted molar refractivity (Wildman–Crippen MR) is 124 cm³/mol. The Morgan fingerprint density at radius 1 is 1.10 bits per heavy atom. The molecular formula is C24H29N5O2. The van der Waals surface area contributed by atoms with Crippen molar-refractivity contribution >= 4 is 23.1 Å². The van der Waals surface area contributed by atoms with Crippen LogP contribution in [0.4, 0.5) is 5.69 Å². The van der Waals surface area contributed by atoms with Crippen LogP contribution in [0.15, 0.2) is 60.1 Å². The average Bonchev–Trinajstić information content (AvgIpc) is 3.07. The molecule has 31 heavy (non-hydrogen) atoms. The number of hydrogen-bond acceptors (Lipinski definition) is 5. The number of rotatable bonds is 5. The zero-order valence-electron chi connectivity index (χ0n) is 17.7. The fourth-order valence-corrected chi connectivity index (χ4v) is 3.91. The van der Waals surface area contributed by atoms with E-state index >= 15 is 0 Å². The van der Waals surface area contributed by atoms with Crippen LogP contribution in [-0.2, 0) is 4.74 Å². The molecule has 0 aliphatic carbocycles. The zero-order valence-corrected chi connectivity index (χ0v) is 17.7. The molecule has 2 aliphatic heterocycles. The maximum absolute atomic E-state index is 13.2. The minimum absolute atomic E-state index is 0.255. The van der Waals surface area contributed by atoms with Crippen LogP contribution in [0.1, 0.15) is 34.3 Å². The normalized spacial score (nSPS) is 18.4. The lowest BCUT2D eigenvalue weighted by atomic mass is 10.0. The number of amides is 1. The number of benzene rings is 2. The summed E-state index contributed by atoms with van der Waals surface area (Å²) >= 11 is 0. The van der Waals surface area contributed by atoms with Crippen molar-refractivity contribution in [3.63, 3.8) is 0 Å².